The molecule has 34 heavy (non-hydrogen) atoms. The number of benzene rings is 1. The minimum atomic E-state index is -0.467. The van der Waals surface area contributed by atoms with Crippen LogP contribution in [0.1, 0.15) is 62.5 Å². The second-order valence-corrected chi connectivity index (χ2v) is 8.95. The van der Waals surface area contributed by atoms with E-state index in [-0.39, 0.29) is 30.2 Å². The van der Waals surface area contributed by atoms with Crippen molar-refractivity contribution in [2.45, 2.75) is 52.4 Å². The van der Waals surface area contributed by atoms with Crippen molar-refractivity contribution in [3.63, 3.8) is 0 Å². The fourth-order valence-corrected chi connectivity index (χ4v) is 3.77. The molecule has 1 aromatic carbocycles. The molecule has 0 spiro atoms. The Morgan fingerprint density at radius 2 is 2.06 bits per heavy atom. The van der Waals surface area contributed by atoms with Gasteiger partial charge < -0.3 is 20.1 Å². The van der Waals surface area contributed by atoms with E-state index in [2.05, 4.69) is 27.9 Å². The molecule has 1 aromatic heterocycles. The van der Waals surface area contributed by atoms with E-state index in [0.29, 0.717) is 37.3 Å². The van der Waals surface area contributed by atoms with E-state index < -0.39 is 6.17 Å². The molecule has 0 bridgehead atoms. The molecule has 0 saturated carbocycles. The molecule has 1 fully saturated rings. The maximum absolute atomic E-state index is 12.5. The van der Waals surface area contributed by atoms with Gasteiger partial charge in [0.1, 0.15) is 12.8 Å². The maximum atomic E-state index is 12.5. The normalized spacial score (nSPS) is 18.0. The molecule has 8 nitrogen and oxygen atoms in total. The van der Waals surface area contributed by atoms with E-state index in [4.69, 9.17) is 21.1 Å². The fourth-order valence-electron chi connectivity index (χ4n) is 3.54. The standard InChI is InChI=1S/C25H33ClN4O4/c1-4-9-33-10-11-34-23-8-6-18(15-27-23)21-13-22(31)30-24(29-21)19-12-17(5-7-20(19)26)14-28-25(32)16(2)3/h5-8,12,15-16,21,24,29H,4,9-11,13-14H2,1-3H3,(H,28,32)(H,30,31). The summed E-state index contributed by atoms with van der Waals surface area (Å²) >= 11 is 6.47. The lowest BCUT2D eigenvalue weighted by atomic mass is 9.99. The highest BCUT2D eigenvalue weighted by molar-refractivity contribution is 6.31. The second kappa shape index (κ2) is 12.7. The number of rotatable bonds is 11. The van der Waals surface area contributed by atoms with E-state index in [1.165, 1.54) is 0 Å². The summed E-state index contributed by atoms with van der Waals surface area (Å²) in [5, 5.41) is 9.84. The van der Waals surface area contributed by atoms with E-state index >= 15 is 0 Å². The van der Waals surface area contributed by atoms with E-state index in [1.54, 1.807) is 18.3 Å². The lowest BCUT2D eigenvalue weighted by molar-refractivity contribution is -0.125. The summed E-state index contributed by atoms with van der Waals surface area (Å²) in [6, 6.07) is 9.02. The summed E-state index contributed by atoms with van der Waals surface area (Å²) in [4.78, 5) is 28.8. The Morgan fingerprint density at radius 3 is 2.76 bits per heavy atom. The number of ether oxygens (including phenoxy) is 2. The van der Waals surface area contributed by atoms with Crippen LogP contribution in [-0.4, -0.2) is 36.6 Å². The van der Waals surface area contributed by atoms with Crippen molar-refractivity contribution in [2.24, 2.45) is 5.92 Å². The number of aromatic nitrogens is 1. The van der Waals surface area contributed by atoms with Crippen molar-refractivity contribution in [1.29, 1.82) is 0 Å². The number of nitrogens with zero attached hydrogens (tertiary/aromatic N) is 1. The Bertz CT molecular complexity index is 968. The first-order chi connectivity index (χ1) is 16.4. The molecule has 2 amide bonds. The van der Waals surface area contributed by atoms with Crippen LogP contribution >= 0.6 is 11.6 Å². The fraction of sp³-hybridized carbons (Fsp3) is 0.480. The number of hydrogen-bond donors (Lipinski definition) is 3. The van der Waals surface area contributed by atoms with Crippen molar-refractivity contribution in [3.05, 3.63) is 58.2 Å². The Labute approximate surface area is 205 Å². The first kappa shape index (κ1) is 25.9. The van der Waals surface area contributed by atoms with Crippen molar-refractivity contribution in [2.75, 3.05) is 19.8 Å². The number of hydrogen-bond acceptors (Lipinski definition) is 6. The Morgan fingerprint density at radius 1 is 1.24 bits per heavy atom. The first-order valence-electron chi connectivity index (χ1n) is 11.6. The van der Waals surface area contributed by atoms with Gasteiger partial charge in [0.15, 0.2) is 0 Å². The summed E-state index contributed by atoms with van der Waals surface area (Å²) in [5.41, 5.74) is 2.53. The third-order valence-electron chi connectivity index (χ3n) is 5.41. The van der Waals surface area contributed by atoms with Gasteiger partial charge in [-0.1, -0.05) is 44.5 Å². The Kier molecular flexibility index (Phi) is 9.68. The quantitative estimate of drug-likeness (QED) is 0.417. The summed E-state index contributed by atoms with van der Waals surface area (Å²) in [6.45, 7) is 7.81. The molecule has 3 rings (SSSR count). The van der Waals surface area contributed by atoms with Gasteiger partial charge in [-0.3, -0.25) is 14.9 Å². The van der Waals surface area contributed by atoms with Crippen LogP contribution in [0.5, 0.6) is 5.88 Å². The number of amides is 2. The van der Waals surface area contributed by atoms with Crippen LogP contribution in [0.2, 0.25) is 5.02 Å². The van der Waals surface area contributed by atoms with Crippen molar-refractivity contribution in [1.82, 2.24) is 20.9 Å². The molecule has 3 N–H and O–H groups in total. The molecule has 184 valence electrons. The minimum absolute atomic E-state index is 0.0194. The molecule has 2 aromatic rings. The summed E-state index contributed by atoms with van der Waals surface area (Å²) in [7, 11) is 0. The number of pyridine rings is 1. The molecule has 2 atom stereocenters. The van der Waals surface area contributed by atoms with Gasteiger partial charge in [-0.2, -0.15) is 0 Å². The predicted octanol–water partition coefficient (Wildman–Crippen LogP) is 3.66. The number of nitrogens with one attached hydrogen (secondary N) is 3. The lowest BCUT2D eigenvalue weighted by Crippen LogP contribution is -2.46. The van der Waals surface area contributed by atoms with Gasteiger partial charge in [0, 0.05) is 54.4 Å². The van der Waals surface area contributed by atoms with Gasteiger partial charge in [0.2, 0.25) is 17.7 Å². The second-order valence-electron chi connectivity index (χ2n) is 8.54. The van der Waals surface area contributed by atoms with Gasteiger partial charge in [-0.25, -0.2) is 4.98 Å². The molecular weight excluding hydrogens is 456 g/mol. The van der Waals surface area contributed by atoms with E-state index in [0.717, 1.165) is 23.1 Å². The van der Waals surface area contributed by atoms with Crippen LogP contribution in [0, 0.1) is 5.92 Å². The van der Waals surface area contributed by atoms with E-state index in [1.807, 2.05) is 32.0 Å². The van der Waals surface area contributed by atoms with Gasteiger partial charge in [-0.05, 0) is 29.7 Å². The summed E-state index contributed by atoms with van der Waals surface area (Å²) in [6.07, 6.45) is 2.51. The zero-order chi connectivity index (χ0) is 24.5. The average Bonchev–Trinajstić information content (AvgIpc) is 2.83. The van der Waals surface area contributed by atoms with E-state index in [9.17, 15) is 9.59 Å². The van der Waals surface area contributed by atoms with Crippen LogP contribution in [0.3, 0.4) is 0 Å². The minimum Gasteiger partial charge on any atom is -0.475 e. The zero-order valence-electron chi connectivity index (χ0n) is 19.9. The molecule has 0 radical (unpaired) electrons. The molecular formula is C25H33ClN4O4. The number of halogens is 1. The highest BCUT2D eigenvalue weighted by Gasteiger charge is 2.29. The topological polar surface area (TPSA) is 102 Å². The zero-order valence-corrected chi connectivity index (χ0v) is 20.7. The Hall–Kier alpha value is -2.68. The summed E-state index contributed by atoms with van der Waals surface area (Å²) in [5.74, 6) is 0.317. The maximum Gasteiger partial charge on any atom is 0.223 e. The van der Waals surface area contributed by atoms with Crippen LogP contribution in [0.4, 0.5) is 0 Å². The van der Waals surface area contributed by atoms with Crippen molar-refractivity contribution in [3.8, 4) is 5.88 Å². The largest absolute Gasteiger partial charge is 0.475 e. The molecule has 2 unspecified atom stereocenters. The van der Waals surface area contributed by atoms with Gasteiger partial charge in [0.25, 0.3) is 0 Å². The molecule has 1 aliphatic rings. The molecule has 1 aliphatic heterocycles. The van der Waals surface area contributed by atoms with Crippen LogP contribution in [0.15, 0.2) is 36.5 Å². The molecule has 0 aliphatic carbocycles. The SMILES string of the molecule is CCCOCCOc1ccc(C2CC(=O)NC(c3cc(CNC(=O)C(C)C)ccc3Cl)N2)cn1. The number of carbonyl (C=O) groups is 2. The van der Waals surface area contributed by atoms with Crippen molar-refractivity contribution >= 4 is 23.4 Å². The van der Waals surface area contributed by atoms with Gasteiger partial charge >= 0.3 is 0 Å². The Balaban J connectivity index is 1.65. The van der Waals surface area contributed by atoms with Crippen LogP contribution in [0.25, 0.3) is 0 Å². The predicted molar refractivity (Wildman–Crippen MR) is 130 cm³/mol. The average molecular weight is 489 g/mol. The number of carbonyl (C=O) groups excluding carboxylic acids is 2. The lowest BCUT2D eigenvalue weighted by Gasteiger charge is -2.32. The van der Waals surface area contributed by atoms with Gasteiger partial charge in [0.05, 0.1) is 6.61 Å². The molecule has 2 heterocycles. The smallest absolute Gasteiger partial charge is 0.223 e. The monoisotopic (exact) mass is 488 g/mol. The highest BCUT2D eigenvalue weighted by Crippen LogP contribution is 2.30. The molecule has 9 heteroatoms. The van der Waals surface area contributed by atoms with Crippen LogP contribution in [-0.2, 0) is 20.9 Å². The van der Waals surface area contributed by atoms with Gasteiger partial charge in [-0.15, -0.1) is 0 Å². The van der Waals surface area contributed by atoms with Crippen molar-refractivity contribution < 1.29 is 19.1 Å². The first-order valence-corrected chi connectivity index (χ1v) is 12.0. The highest BCUT2D eigenvalue weighted by atomic mass is 35.5. The third-order valence-corrected chi connectivity index (χ3v) is 5.76. The third kappa shape index (κ3) is 7.41. The summed E-state index contributed by atoms with van der Waals surface area (Å²) < 4.78 is 11.0. The molecule has 1 saturated heterocycles. The van der Waals surface area contributed by atoms with Crippen LogP contribution < -0.4 is 20.7 Å².